The van der Waals surface area contributed by atoms with Gasteiger partial charge in [-0.05, 0) is 60.2 Å². The first-order valence-corrected chi connectivity index (χ1v) is 7.42. The van der Waals surface area contributed by atoms with E-state index in [0.29, 0.717) is 5.92 Å². The zero-order chi connectivity index (χ0) is 12.5. The highest BCUT2D eigenvalue weighted by Gasteiger charge is 2.26. The van der Waals surface area contributed by atoms with E-state index in [1.165, 1.54) is 16.0 Å². The van der Waals surface area contributed by atoms with Gasteiger partial charge in [-0.25, -0.2) is 0 Å². The van der Waals surface area contributed by atoms with Crippen LogP contribution in [0.5, 0.6) is 0 Å². The molecular weight excluding hydrogens is 240 g/mol. The van der Waals surface area contributed by atoms with Crippen molar-refractivity contribution in [1.82, 2.24) is 0 Å². The minimum absolute atomic E-state index is 0.302. The highest BCUT2D eigenvalue weighted by molar-refractivity contribution is 7.10. The molecule has 0 radical (unpaired) electrons. The van der Waals surface area contributed by atoms with E-state index in [1.807, 2.05) is 0 Å². The van der Waals surface area contributed by atoms with Crippen LogP contribution >= 0.6 is 11.3 Å². The molecule has 2 atom stereocenters. The second kappa shape index (κ2) is 4.87. The van der Waals surface area contributed by atoms with Gasteiger partial charge in [0, 0.05) is 4.88 Å². The molecule has 1 nitrogen and oxygen atoms in total. The maximum Gasteiger partial charge on any atom is 0.0829 e. The van der Waals surface area contributed by atoms with Crippen molar-refractivity contribution in [2.75, 3.05) is 0 Å². The lowest BCUT2D eigenvalue weighted by Gasteiger charge is -2.28. The minimum atomic E-state index is -0.302. The number of aryl methyl sites for hydroxylation is 2. The van der Waals surface area contributed by atoms with Gasteiger partial charge in [-0.3, -0.25) is 0 Å². The van der Waals surface area contributed by atoms with Gasteiger partial charge in [-0.1, -0.05) is 24.3 Å². The van der Waals surface area contributed by atoms with E-state index in [1.54, 1.807) is 11.3 Å². The molecule has 94 valence electrons. The smallest absolute Gasteiger partial charge is 0.0829 e. The molecule has 0 amide bonds. The van der Waals surface area contributed by atoms with Crippen LogP contribution in [0.4, 0.5) is 0 Å². The predicted octanol–water partition coefficient (Wildman–Crippen LogP) is 3.90. The normalized spacial score (nSPS) is 20.4. The van der Waals surface area contributed by atoms with Crippen LogP contribution in [0.2, 0.25) is 0 Å². The van der Waals surface area contributed by atoms with Crippen LogP contribution in [0.1, 0.15) is 34.1 Å². The number of aliphatic hydroxyl groups is 1. The Kier molecular flexibility index (Phi) is 3.23. The van der Waals surface area contributed by atoms with Crippen molar-refractivity contribution in [2.45, 2.75) is 32.3 Å². The zero-order valence-electron chi connectivity index (χ0n) is 10.6. The molecule has 2 aromatic rings. The van der Waals surface area contributed by atoms with Crippen LogP contribution < -0.4 is 0 Å². The summed E-state index contributed by atoms with van der Waals surface area (Å²) in [5.74, 6) is 0.369. The fourth-order valence-electron chi connectivity index (χ4n) is 2.89. The summed E-state index contributed by atoms with van der Waals surface area (Å²) in [5, 5.41) is 12.6. The Morgan fingerprint density at radius 1 is 1.28 bits per heavy atom. The lowest BCUT2D eigenvalue weighted by Crippen LogP contribution is -2.20. The first kappa shape index (κ1) is 11.9. The van der Waals surface area contributed by atoms with Gasteiger partial charge >= 0.3 is 0 Å². The summed E-state index contributed by atoms with van der Waals surface area (Å²) in [6, 6.07) is 10.7. The first-order chi connectivity index (χ1) is 8.74. The van der Waals surface area contributed by atoms with Crippen molar-refractivity contribution >= 4 is 11.3 Å². The van der Waals surface area contributed by atoms with E-state index in [0.717, 1.165) is 24.8 Å². The van der Waals surface area contributed by atoms with Gasteiger partial charge in [0.1, 0.15) is 0 Å². The minimum Gasteiger partial charge on any atom is -0.388 e. The van der Waals surface area contributed by atoms with Crippen molar-refractivity contribution in [3.8, 4) is 0 Å². The summed E-state index contributed by atoms with van der Waals surface area (Å²) >= 11 is 1.72. The standard InChI is InChI=1S/C16H18OS/c1-11-8-15(10-18-11)16(17)14-7-6-12-4-2-3-5-13(12)9-14/h2-5,8,10,14,16-17H,6-7,9H2,1H3. The maximum absolute atomic E-state index is 10.5. The summed E-state index contributed by atoms with van der Waals surface area (Å²) in [6.45, 7) is 2.09. The van der Waals surface area contributed by atoms with E-state index in [2.05, 4.69) is 42.6 Å². The van der Waals surface area contributed by atoms with Crippen molar-refractivity contribution in [3.63, 3.8) is 0 Å². The summed E-state index contributed by atoms with van der Waals surface area (Å²) in [4.78, 5) is 1.28. The lowest BCUT2D eigenvalue weighted by molar-refractivity contribution is 0.0999. The fourth-order valence-corrected chi connectivity index (χ4v) is 3.62. The van der Waals surface area contributed by atoms with Gasteiger partial charge in [-0.15, -0.1) is 11.3 Å². The molecule has 18 heavy (non-hydrogen) atoms. The largest absolute Gasteiger partial charge is 0.388 e. The first-order valence-electron chi connectivity index (χ1n) is 6.54. The van der Waals surface area contributed by atoms with Crippen molar-refractivity contribution in [1.29, 1.82) is 0 Å². The van der Waals surface area contributed by atoms with Gasteiger partial charge in [0.05, 0.1) is 6.10 Å². The maximum atomic E-state index is 10.5. The monoisotopic (exact) mass is 258 g/mol. The van der Waals surface area contributed by atoms with Crippen LogP contribution in [-0.2, 0) is 12.8 Å². The molecule has 0 saturated heterocycles. The van der Waals surface area contributed by atoms with Crippen LogP contribution in [-0.4, -0.2) is 5.11 Å². The molecule has 3 rings (SSSR count). The molecule has 0 bridgehead atoms. The Morgan fingerprint density at radius 3 is 2.78 bits per heavy atom. The Balaban J connectivity index is 1.79. The third-order valence-electron chi connectivity index (χ3n) is 3.92. The second-order valence-electron chi connectivity index (χ2n) is 5.21. The average molecular weight is 258 g/mol. The Morgan fingerprint density at radius 2 is 2.06 bits per heavy atom. The van der Waals surface area contributed by atoms with Crippen molar-refractivity contribution < 1.29 is 5.11 Å². The Hall–Kier alpha value is -1.12. The zero-order valence-corrected chi connectivity index (χ0v) is 11.4. The number of thiophene rings is 1. The molecule has 1 N–H and O–H groups in total. The van der Waals surface area contributed by atoms with Gasteiger partial charge in [-0.2, -0.15) is 0 Å². The number of fused-ring (bicyclic) bond motifs is 1. The van der Waals surface area contributed by atoms with E-state index < -0.39 is 0 Å². The van der Waals surface area contributed by atoms with Gasteiger partial charge in [0.15, 0.2) is 0 Å². The molecule has 1 aliphatic carbocycles. The number of hydrogen-bond donors (Lipinski definition) is 1. The van der Waals surface area contributed by atoms with E-state index >= 15 is 0 Å². The van der Waals surface area contributed by atoms with Crippen molar-refractivity contribution in [3.05, 3.63) is 57.3 Å². The number of aliphatic hydroxyl groups excluding tert-OH is 1. The predicted molar refractivity (Wildman–Crippen MR) is 76.0 cm³/mol. The molecular formula is C16H18OS. The third-order valence-corrected chi connectivity index (χ3v) is 4.80. The fraction of sp³-hybridized carbons (Fsp3) is 0.375. The molecule has 1 aliphatic rings. The van der Waals surface area contributed by atoms with E-state index in [-0.39, 0.29) is 6.10 Å². The van der Waals surface area contributed by atoms with E-state index in [9.17, 15) is 5.11 Å². The van der Waals surface area contributed by atoms with Gasteiger partial charge in [0.25, 0.3) is 0 Å². The highest BCUT2D eigenvalue weighted by Crippen LogP contribution is 2.35. The molecule has 1 heterocycles. The summed E-state index contributed by atoms with van der Waals surface area (Å²) < 4.78 is 0. The van der Waals surface area contributed by atoms with Gasteiger partial charge in [0.2, 0.25) is 0 Å². The molecule has 1 aromatic heterocycles. The quantitative estimate of drug-likeness (QED) is 0.866. The summed E-state index contributed by atoms with van der Waals surface area (Å²) in [5.41, 5.74) is 3.98. The molecule has 0 fully saturated rings. The van der Waals surface area contributed by atoms with Crippen LogP contribution in [0, 0.1) is 12.8 Å². The Bertz CT molecular complexity index is 544. The SMILES string of the molecule is Cc1cc(C(O)C2CCc3ccccc3C2)cs1. The highest BCUT2D eigenvalue weighted by atomic mass is 32.1. The topological polar surface area (TPSA) is 20.2 Å². The van der Waals surface area contributed by atoms with Crippen LogP contribution in [0.25, 0.3) is 0 Å². The Labute approximate surface area is 112 Å². The van der Waals surface area contributed by atoms with Crippen LogP contribution in [0.15, 0.2) is 35.7 Å². The van der Waals surface area contributed by atoms with Crippen molar-refractivity contribution in [2.24, 2.45) is 5.92 Å². The molecule has 1 aromatic carbocycles. The summed E-state index contributed by atoms with van der Waals surface area (Å²) in [6.07, 6.45) is 2.89. The molecule has 0 spiro atoms. The van der Waals surface area contributed by atoms with Gasteiger partial charge < -0.3 is 5.11 Å². The second-order valence-corrected chi connectivity index (χ2v) is 6.32. The molecule has 0 aliphatic heterocycles. The molecule has 2 heteroatoms. The third kappa shape index (κ3) is 2.23. The number of hydrogen-bond acceptors (Lipinski definition) is 2. The average Bonchev–Trinajstić information content (AvgIpc) is 2.84. The lowest BCUT2D eigenvalue weighted by atomic mass is 9.79. The molecule has 0 saturated carbocycles. The molecule has 2 unspecified atom stereocenters. The number of benzene rings is 1. The van der Waals surface area contributed by atoms with E-state index in [4.69, 9.17) is 0 Å². The summed E-state index contributed by atoms with van der Waals surface area (Å²) in [7, 11) is 0. The van der Waals surface area contributed by atoms with Crippen LogP contribution in [0.3, 0.4) is 0 Å². The number of rotatable bonds is 2.